The number of aryl methyl sites for hydroxylation is 1. The standard InChI is InChI=1S/C17H26N4/c1-5-11-18-17(13-15-10-12-21(4)19-15)14-6-8-16(9-7-14)20(2)3/h6-10,12,17-18H,5,11,13H2,1-4H3. The second-order valence-corrected chi connectivity index (χ2v) is 5.68. The molecule has 0 aliphatic rings. The maximum absolute atomic E-state index is 4.50. The van der Waals surface area contributed by atoms with Gasteiger partial charge in [-0.2, -0.15) is 5.10 Å². The number of rotatable bonds is 7. The Labute approximate surface area is 127 Å². The van der Waals surface area contributed by atoms with E-state index in [1.807, 2.05) is 17.9 Å². The van der Waals surface area contributed by atoms with E-state index in [4.69, 9.17) is 0 Å². The molecule has 1 heterocycles. The molecule has 1 unspecified atom stereocenters. The van der Waals surface area contributed by atoms with Gasteiger partial charge in [-0.15, -0.1) is 0 Å². The van der Waals surface area contributed by atoms with Crippen LogP contribution in [0, 0.1) is 0 Å². The first-order chi connectivity index (χ1) is 10.1. The average molecular weight is 286 g/mol. The molecule has 0 saturated carbocycles. The molecule has 0 amide bonds. The van der Waals surface area contributed by atoms with Gasteiger partial charge >= 0.3 is 0 Å². The first kappa shape index (κ1) is 15.6. The van der Waals surface area contributed by atoms with Gasteiger partial charge in [-0.25, -0.2) is 0 Å². The lowest BCUT2D eigenvalue weighted by Crippen LogP contribution is -2.24. The molecule has 2 aromatic rings. The third-order valence-corrected chi connectivity index (χ3v) is 3.63. The molecule has 0 aliphatic carbocycles. The number of nitrogens with zero attached hydrogens (tertiary/aromatic N) is 3. The molecule has 1 aromatic heterocycles. The van der Waals surface area contributed by atoms with Gasteiger partial charge in [0.25, 0.3) is 0 Å². The number of hydrogen-bond donors (Lipinski definition) is 1. The lowest BCUT2D eigenvalue weighted by Gasteiger charge is -2.20. The molecule has 2 rings (SSSR count). The molecule has 114 valence electrons. The molecule has 1 N–H and O–H groups in total. The molecule has 4 heteroatoms. The van der Waals surface area contributed by atoms with E-state index in [-0.39, 0.29) is 0 Å². The van der Waals surface area contributed by atoms with Crippen LogP contribution in [0.2, 0.25) is 0 Å². The maximum atomic E-state index is 4.50. The summed E-state index contributed by atoms with van der Waals surface area (Å²) in [6, 6.07) is 11.2. The third kappa shape index (κ3) is 4.33. The van der Waals surface area contributed by atoms with E-state index < -0.39 is 0 Å². The van der Waals surface area contributed by atoms with Crippen LogP contribution in [0.15, 0.2) is 36.5 Å². The molecule has 0 saturated heterocycles. The van der Waals surface area contributed by atoms with Gasteiger partial charge in [-0.1, -0.05) is 19.1 Å². The Kier molecular flexibility index (Phi) is 5.39. The lowest BCUT2D eigenvalue weighted by molar-refractivity contribution is 0.521. The fourth-order valence-electron chi connectivity index (χ4n) is 2.41. The summed E-state index contributed by atoms with van der Waals surface area (Å²) in [5.41, 5.74) is 3.67. The van der Waals surface area contributed by atoms with Crippen molar-refractivity contribution in [1.29, 1.82) is 0 Å². The predicted molar refractivity (Wildman–Crippen MR) is 88.7 cm³/mol. The number of benzene rings is 1. The zero-order valence-corrected chi connectivity index (χ0v) is 13.5. The zero-order valence-electron chi connectivity index (χ0n) is 13.5. The summed E-state index contributed by atoms with van der Waals surface area (Å²) < 4.78 is 1.86. The lowest BCUT2D eigenvalue weighted by atomic mass is 10.0. The largest absolute Gasteiger partial charge is 0.378 e. The SMILES string of the molecule is CCCNC(Cc1ccn(C)n1)c1ccc(N(C)C)cc1. The highest BCUT2D eigenvalue weighted by atomic mass is 15.2. The average Bonchev–Trinajstić information content (AvgIpc) is 2.89. The van der Waals surface area contributed by atoms with Gasteiger partial charge in [-0.05, 0) is 36.7 Å². The summed E-state index contributed by atoms with van der Waals surface area (Å²) in [5, 5.41) is 8.13. The van der Waals surface area contributed by atoms with E-state index in [0.717, 1.165) is 25.1 Å². The van der Waals surface area contributed by atoms with Crippen molar-refractivity contribution >= 4 is 5.69 Å². The Morgan fingerprint density at radius 3 is 2.43 bits per heavy atom. The van der Waals surface area contributed by atoms with Crippen LogP contribution in [0.3, 0.4) is 0 Å². The molecular weight excluding hydrogens is 260 g/mol. The molecular formula is C17H26N4. The number of aromatic nitrogens is 2. The summed E-state index contributed by atoms with van der Waals surface area (Å²) in [5.74, 6) is 0. The Bertz CT molecular complexity index is 542. The van der Waals surface area contributed by atoms with Crippen LogP contribution in [-0.4, -0.2) is 30.4 Å². The van der Waals surface area contributed by atoms with Crippen LogP contribution in [0.25, 0.3) is 0 Å². The highest BCUT2D eigenvalue weighted by Crippen LogP contribution is 2.21. The predicted octanol–water partition coefficient (Wildman–Crippen LogP) is 2.77. The first-order valence-corrected chi connectivity index (χ1v) is 7.59. The Morgan fingerprint density at radius 1 is 1.19 bits per heavy atom. The Morgan fingerprint density at radius 2 is 1.90 bits per heavy atom. The van der Waals surface area contributed by atoms with E-state index in [0.29, 0.717) is 6.04 Å². The van der Waals surface area contributed by atoms with Crippen molar-refractivity contribution in [1.82, 2.24) is 15.1 Å². The van der Waals surface area contributed by atoms with Crippen molar-refractivity contribution in [3.8, 4) is 0 Å². The minimum absolute atomic E-state index is 0.316. The fourth-order valence-corrected chi connectivity index (χ4v) is 2.41. The van der Waals surface area contributed by atoms with Crippen molar-refractivity contribution in [3.05, 3.63) is 47.8 Å². The van der Waals surface area contributed by atoms with Crippen LogP contribution in [0.5, 0.6) is 0 Å². The maximum Gasteiger partial charge on any atom is 0.0643 e. The second kappa shape index (κ2) is 7.27. The second-order valence-electron chi connectivity index (χ2n) is 5.68. The zero-order chi connectivity index (χ0) is 15.2. The molecule has 0 radical (unpaired) electrons. The van der Waals surface area contributed by atoms with Gasteiger partial charge < -0.3 is 10.2 Å². The molecule has 1 aromatic carbocycles. The Hall–Kier alpha value is -1.81. The summed E-state index contributed by atoms with van der Waals surface area (Å²) in [6.45, 7) is 3.22. The molecule has 21 heavy (non-hydrogen) atoms. The monoisotopic (exact) mass is 286 g/mol. The van der Waals surface area contributed by atoms with Crippen molar-refractivity contribution in [2.45, 2.75) is 25.8 Å². The normalized spacial score (nSPS) is 12.4. The van der Waals surface area contributed by atoms with Crippen LogP contribution < -0.4 is 10.2 Å². The molecule has 0 fully saturated rings. The van der Waals surface area contributed by atoms with Gasteiger partial charge in [0.05, 0.1) is 5.69 Å². The summed E-state index contributed by atoms with van der Waals surface area (Å²) >= 11 is 0. The van der Waals surface area contributed by atoms with Gasteiger partial charge in [0.15, 0.2) is 0 Å². The summed E-state index contributed by atoms with van der Waals surface area (Å²) in [7, 11) is 6.09. The smallest absolute Gasteiger partial charge is 0.0643 e. The van der Waals surface area contributed by atoms with E-state index in [2.05, 4.69) is 66.7 Å². The Balaban J connectivity index is 2.14. The topological polar surface area (TPSA) is 33.1 Å². The van der Waals surface area contributed by atoms with Crippen molar-refractivity contribution in [3.63, 3.8) is 0 Å². The summed E-state index contributed by atoms with van der Waals surface area (Å²) in [6.07, 6.45) is 4.05. The molecule has 0 bridgehead atoms. The van der Waals surface area contributed by atoms with E-state index in [9.17, 15) is 0 Å². The van der Waals surface area contributed by atoms with E-state index >= 15 is 0 Å². The molecule has 0 aliphatic heterocycles. The van der Waals surface area contributed by atoms with Crippen LogP contribution in [0.1, 0.15) is 30.6 Å². The first-order valence-electron chi connectivity index (χ1n) is 7.59. The van der Waals surface area contributed by atoms with Crippen LogP contribution >= 0.6 is 0 Å². The van der Waals surface area contributed by atoms with E-state index in [1.54, 1.807) is 0 Å². The van der Waals surface area contributed by atoms with Crippen LogP contribution in [-0.2, 0) is 13.5 Å². The van der Waals surface area contributed by atoms with Gasteiger partial charge in [-0.3, -0.25) is 4.68 Å². The highest BCUT2D eigenvalue weighted by molar-refractivity contribution is 5.46. The summed E-state index contributed by atoms with van der Waals surface area (Å²) in [4.78, 5) is 2.12. The third-order valence-electron chi connectivity index (χ3n) is 3.63. The minimum atomic E-state index is 0.316. The van der Waals surface area contributed by atoms with Gasteiger partial charge in [0.2, 0.25) is 0 Å². The van der Waals surface area contributed by atoms with Crippen molar-refractivity contribution in [2.75, 3.05) is 25.5 Å². The van der Waals surface area contributed by atoms with Crippen molar-refractivity contribution < 1.29 is 0 Å². The fraction of sp³-hybridized carbons (Fsp3) is 0.471. The molecule has 4 nitrogen and oxygen atoms in total. The number of hydrogen-bond acceptors (Lipinski definition) is 3. The highest BCUT2D eigenvalue weighted by Gasteiger charge is 2.13. The minimum Gasteiger partial charge on any atom is -0.378 e. The van der Waals surface area contributed by atoms with Crippen molar-refractivity contribution in [2.24, 2.45) is 7.05 Å². The van der Waals surface area contributed by atoms with E-state index in [1.165, 1.54) is 11.3 Å². The van der Waals surface area contributed by atoms with Gasteiger partial charge in [0.1, 0.15) is 0 Å². The van der Waals surface area contributed by atoms with Gasteiger partial charge in [0, 0.05) is 45.5 Å². The molecule has 1 atom stereocenters. The number of anilines is 1. The number of nitrogens with one attached hydrogen (secondary N) is 1. The molecule has 0 spiro atoms. The quantitative estimate of drug-likeness (QED) is 0.849. The van der Waals surface area contributed by atoms with Crippen LogP contribution in [0.4, 0.5) is 5.69 Å².